The summed E-state index contributed by atoms with van der Waals surface area (Å²) in [5.74, 6) is 0.0254. The van der Waals surface area contributed by atoms with Crippen LogP contribution in [0.5, 0.6) is 0 Å². The summed E-state index contributed by atoms with van der Waals surface area (Å²) >= 11 is 0. The number of amidine groups is 1. The van der Waals surface area contributed by atoms with E-state index in [-0.39, 0.29) is 18.0 Å². The minimum absolute atomic E-state index is 0.0254. The molecular weight excluding hydrogens is 232 g/mol. The Kier molecular flexibility index (Phi) is 3.66. The zero-order valence-corrected chi connectivity index (χ0v) is 10.6. The van der Waals surface area contributed by atoms with Crippen LogP contribution in [0.4, 0.5) is 5.69 Å². The molecule has 1 aromatic rings. The summed E-state index contributed by atoms with van der Waals surface area (Å²) < 4.78 is 5.69. The lowest BCUT2D eigenvalue weighted by Crippen LogP contribution is -2.46. The Labute approximate surface area is 106 Å². The molecule has 0 aliphatic carbocycles. The molecule has 1 aliphatic rings. The van der Waals surface area contributed by atoms with Gasteiger partial charge in [0, 0.05) is 19.3 Å². The molecule has 0 bridgehead atoms. The van der Waals surface area contributed by atoms with Crippen molar-refractivity contribution in [2.75, 3.05) is 18.0 Å². The fourth-order valence-corrected chi connectivity index (χ4v) is 2.27. The highest BCUT2D eigenvalue weighted by Crippen LogP contribution is 2.22. The zero-order chi connectivity index (χ0) is 13.1. The summed E-state index contributed by atoms with van der Waals surface area (Å²) in [7, 11) is 0. The molecule has 2 rings (SSSR count). The van der Waals surface area contributed by atoms with Gasteiger partial charge in [-0.05, 0) is 26.0 Å². The van der Waals surface area contributed by atoms with Gasteiger partial charge in [-0.15, -0.1) is 0 Å². The fraction of sp³-hybridized carbons (Fsp3) is 0.500. The molecule has 1 saturated heterocycles. The fourth-order valence-electron chi connectivity index (χ4n) is 2.27. The molecule has 18 heavy (non-hydrogen) atoms. The molecule has 6 nitrogen and oxygen atoms in total. The van der Waals surface area contributed by atoms with Crippen molar-refractivity contribution in [2.24, 2.45) is 10.9 Å². The number of nitrogens with zero attached hydrogens (tertiary/aromatic N) is 3. The van der Waals surface area contributed by atoms with Crippen molar-refractivity contribution in [3.63, 3.8) is 0 Å². The van der Waals surface area contributed by atoms with Crippen molar-refractivity contribution < 1.29 is 9.94 Å². The summed E-state index contributed by atoms with van der Waals surface area (Å²) in [4.78, 5) is 6.33. The van der Waals surface area contributed by atoms with E-state index in [4.69, 9.17) is 15.7 Å². The number of morpholine rings is 1. The van der Waals surface area contributed by atoms with Gasteiger partial charge in [-0.3, -0.25) is 4.98 Å². The van der Waals surface area contributed by atoms with E-state index in [1.807, 2.05) is 26.0 Å². The first-order chi connectivity index (χ1) is 8.61. The average Bonchev–Trinajstić information content (AvgIpc) is 2.36. The van der Waals surface area contributed by atoms with Crippen LogP contribution < -0.4 is 10.6 Å². The summed E-state index contributed by atoms with van der Waals surface area (Å²) in [5.41, 5.74) is 7.02. The quantitative estimate of drug-likeness (QED) is 0.351. The maximum atomic E-state index is 8.79. The molecule has 2 atom stereocenters. The van der Waals surface area contributed by atoms with Gasteiger partial charge in [-0.25, -0.2) is 0 Å². The summed E-state index contributed by atoms with van der Waals surface area (Å²) in [6, 6.07) is 3.76. The van der Waals surface area contributed by atoms with Crippen molar-refractivity contribution in [3.8, 4) is 0 Å². The van der Waals surface area contributed by atoms with Gasteiger partial charge < -0.3 is 20.6 Å². The molecule has 2 heterocycles. The highest BCUT2D eigenvalue weighted by molar-refractivity contribution is 6.00. The standard InChI is InChI=1S/C12H18N4O2/c1-8-6-16(7-9(2)18-8)10-4-3-5-14-11(10)12(13)15-17/h3-5,8-9,17H,6-7H2,1-2H3,(H2,13,15)/t8-,9+. The van der Waals surface area contributed by atoms with E-state index in [1.54, 1.807) is 6.20 Å². The third-order valence-corrected chi connectivity index (χ3v) is 2.90. The number of rotatable bonds is 2. The van der Waals surface area contributed by atoms with E-state index >= 15 is 0 Å². The molecule has 1 aliphatic heterocycles. The van der Waals surface area contributed by atoms with Crippen LogP contribution >= 0.6 is 0 Å². The Morgan fingerprint density at radius 1 is 1.50 bits per heavy atom. The summed E-state index contributed by atoms with van der Waals surface area (Å²) in [6.45, 7) is 5.59. The number of pyridine rings is 1. The van der Waals surface area contributed by atoms with Crippen LogP contribution in [0.15, 0.2) is 23.5 Å². The predicted octanol–water partition coefficient (Wildman–Crippen LogP) is 0.790. The molecule has 6 heteroatoms. The average molecular weight is 250 g/mol. The van der Waals surface area contributed by atoms with E-state index in [0.717, 1.165) is 18.8 Å². The third-order valence-electron chi connectivity index (χ3n) is 2.90. The third kappa shape index (κ3) is 2.53. The zero-order valence-electron chi connectivity index (χ0n) is 10.6. The van der Waals surface area contributed by atoms with Crippen molar-refractivity contribution in [2.45, 2.75) is 26.1 Å². The van der Waals surface area contributed by atoms with E-state index in [9.17, 15) is 0 Å². The smallest absolute Gasteiger partial charge is 0.190 e. The van der Waals surface area contributed by atoms with E-state index in [1.165, 1.54) is 0 Å². The van der Waals surface area contributed by atoms with Crippen LogP contribution in [0.25, 0.3) is 0 Å². The molecular formula is C12H18N4O2. The maximum absolute atomic E-state index is 8.79. The number of nitrogens with two attached hydrogens (primary N) is 1. The first-order valence-corrected chi connectivity index (χ1v) is 5.95. The molecule has 0 saturated carbocycles. The minimum Gasteiger partial charge on any atom is -0.409 e. The van der Waals surface area contributed by atoms with Gasteiger partial charge in [0.15, 0.2) is 5.84 Å². The molecule has 1 aromatic heterocycles. The Morgan fingerprint density at radius 3 is 2.78 bits per heavy atom. The molecule has 0 unspecified atom stereocenters. The normalized spacial score (nSPS) is 25.2. The van der Waals surface area contributed by atoms with Gasteiger partial charge in [-0.1, -0.05) is 5.16 Å². The molecule has 1 fully saturated rings. The van der Waals surface area contributed by atoms with Crippen molar-refractivity contribution in [1.82, 2.24) is 4.98 Å². The summed E-state index contributed by atoms with van der Waals surface area (Å²) in [6.07, 6.45) is 1.92. The molecule has 0 spiro atoms. The number of anilines is 1. The van der Waals surface area contributed by atoms with Gasteiger partial charge in [0.2, 0.25) is 0 Å². The first-order valence-electron chi connectivity index (χ1n) is 5.95. The monoisotopic (exact) mass is 250 g/mol. The Hall–Kier alpha value is -1.82. The van der Waals surface area contributed by atoms with Gasteiger partial charge in [0.25, 0.3) is 0 Å². The number of aromatic nitrogens is 1. The molecule has 0 aromatic carbocycles. The van der Waals surface area contributed by atoms with E-state index in [2.05, 4.69) is 15.0 Å². The van der Waals surface area contributed by atoms with Crippen LogP contribution in [0.2, 0.25) is 0 Å². The molecule has 0 radical (unpaired) electrons. The lowest BCUT2D eigenvalue weighted by molar-refractivity contribution is -0.00524. The second kappa shape index (κ2) is 5.22. The van der Waals surface area contributed by atoms with Gasteiger partial charge in [0.1, 0.15) is 5.69 Å². The van der Waals surface area contributed by atoms with Gasteiger partial charge in [0.05, 0.1) is 17.9 Å². The Bertz CT molecular complexity index is 439. The maximum Gasteiger partial charge on any atom is 0.190 e. The topological polar surface area (TPSA) is 84.0 Å². The molecule has 98 valence electrons. The van der Waals surface area contributed by atoms with Crippen LogP contribution in [0, 0.1) is 0 Å². The lowest BCUT2D eigenvalue weighted by Gasteiger charge is -2.37. The SMILES string of the molecule is C[C@@H]1CN(c2cccnc2/C(N)=N/O)C[C@H](C)O1. The van der Waals surface area contributed by atoms with Crippen LogP contribution in [0.1, 0.15) is 19.5 Å². The number of ether oxygens (including phenoxy) is 1. The van der Waals surface area contributed by atoms with Gasteiger partial charge in [-0.2, -0.15) is 0 Å². The Morgan fingerprint density at radius 2 is 2.17 bits per heavy atom. The van der Waals surface area contributed by atoms with Crippen LogP contribution in [0.3, 0.4) is 0 Å². The number of hydrogen-bond acceptors (Lipinski definition) is 5. The second-order valence-electron chi connectivity index (χ2n) is 4.52. The molecule has 0 amide bonds. The highest BCUT2D eigenvalue weighted by Gasteiger charge is 2.25. The Balaban J connectivity index is 2.32. The first kappa shape index (κ1) is 12.6. The largest absolute Gasteiger partial charge is 0.409 e. The van der Waals surface area contributed by atoms with Crippen LogP contribution in [-0.4, -0.2) is 41.3 Å². The van der Waals surface area contributed by atoms with E-state index in [0.29, 0.717) is 5.69 Å². The second-order valence-corrected chi connectivity index (χ2v) is 4.52. The minimum atomic E-state index is 0.0254. The predicted molar refractivity (Wildman–Crippen MR) is 69.0 cm³/mol. The van der Waals surface area contributed by atoms with Crippen molar-refractivity contribution in [1.29, 1.82) is 0 Å². The highest BCUT2D eigenvalue weighted by atomic mass is 16.5. The van der Waals surface area contributed by atoms with Crippen molar-refractivity contribution in [3.05, 3.63) is 24.0 Å². The van der Waals surface area contributed by atoms with Crippen LogP contribution in [-0.2, 0) is 4.74 Å². The summed E-state index contributed by atoms with van der Waals surface area (Å²) in [5, 5.41) is 11.8. The number of oxime groups is 1. The van der Waals surface area contributed by atoms with E-state index < -0.39 is 0 Å². The molecule has 3 N–H and O–H groups in total. The van der Waals surface area contributed by atoms with Gasteiger partial charge >= 0.3 is 0 Å². The van der Waals surface area contributed by atoms with Crippen molar-refractivity contribution >= 4 is 11.5 Å². The lowest BCUT2D eigenvalue weighted by atomic mass is 10.1. The number of hydrogen-bond donors (Lipinski definition) is 2.